The standard InChI is InChI=1S/C15H16N2O2S/c18-7-11-6-5-10-3-1-2-4-12(10)14(11)17-15(19)13-8-20-9-16-13/h1-4,8-9,11,14,18H,5-7H2,(H,17,19)/t11-,14+/m1/s1. The van der Waals surface area contributed by atoms with Crippen LogP contribution in [0.25, 0.3) is 0 Å². The summed E-state index contributed by atoms with van der Waals surface area (Å²) in [7, 11) is 0. The van der Waals surface area contributed by atoms with Crippen molar-refractivity contribution in [3.05, 3.63) is 52.0 Å². The number of aryl methyl sites for hydroxylation is 1. The Morgan fingerprint density at radius 1 is 1.45 bits per heavy atom. The predicted octanol–water partition coefficient (Wildman–Crippen LogP) is 2.17. The van der Waals surface area contributed by atoms with Crippen LogP contribution >= 0.6 is 11.3 Å². The van der Waals surface area contributed by atoms with Crippen LogP contribution in [-0.4, -0.2) is 22.6 Å². The van der Waals surface area contributed by atoms with E-state index in [-0.39, 0.29) is 24.5 Å². The average molecular weight is 288 g/mol. The maximum absolute atomic E-state index is 12.2. The van der Waals surface area contributed by atoms with Crippen LogP contribution in [0.4, 0.5) is 0 Å². The van der Waals surface area contributed by atoms with Crippen LogP contribution in [0.3, 0.4) is 0 Å². The minimum absolute atomic E-state index is 0.0625. The summed E-state index contributed by atoms with van der Waals surface area (Å²) in [5, 5.41) is 14.3. The van der Waals surface area contributed by atoms with Gasteiger partial charge in [-0.2, -0.15) is 0 Å². The zero-order valence-electron chi connectivity index (χ0n) is 11.0. The smallest absolute Gasteiger partial charge is 0.271 e. The van der Waals surface area contributed by atoms with Gasteiger partial charge in [0.15, 0.2) is 0 Å². The minimum atomic E-state index is -0.175. The summed E-state index contributed by atoms with van der Waals surface area (Å²) in [6.07, 6.45) is 1.83. The zero-order chi connectivity index (χ0) is 13.9. The van der Waals surface area contributed by atoms with Gasteiger partial charge in [-0.25, -0.2) is 4.98 Å². The normalized spacial score (nSPS) is 21.2. The van der Waals surface area contributed by atoms with E-state index in [1.807, 2.05) is 18.2 Å². The van der Waals surface area contributed by atoms with E-state index < -0.39 is 0 Å². The lowest BCUT2D eigenvalue weighted by atomic mass is 9.80. The molecule has 20 heavy (non-hydrogen) atoms. The number of nitrogens with one attached hydrogen (secondary N) is 1. The first-order chi connectivity index (χ1) is 9.79. The predicted molar refractivity (Wildman–Crippen MR) is 77.7 cm³/mol. The number of benzene rings is 1. The van der Waals surface area contributed by atoms with Gasteiger partial charge >= 0.3 is 0 Å². The second kappa shape index (κ2) is 5.73. The molecule has 1 aromatic heterocycles. The summed E-state index contributed by atoms with van der Waals surface area (Å²) in [5.74, 6) is -0.112. The maximum atomic E-state index is 12.2. The number of thiazole rings is 1. The van der Waals surface area contributed by atoms with Gasteiger partial charge in [-0.3, -0.25) is 4.79 Å². The molecule has 1 aromatic carbocycles. The largest absolute Gasteiger partial charge is 0.396 e. The molecule has 4 nitrogen and oxygen atoms in total. The van der Waals surface area contributed by atoms with E-state index in [0.29, 0.717) is 5.69 Å². The summed E-state index contributed by atoms with van der Waals surface area (Å²) < 4.78 is 0. The number of fused-ring (bicyclic) bond motifs is 1. The fourth-order valence-electron chi connectivity index (χ4n) is 2.76. The molecule has 1 heterocycles. The molecule has 0 saturated heterocycles. The second-order valence-electron chi connectivity index (χ2n) is 5.00. The van der Waals surface area contributed by atoms with Crippen LogP contribution < -0.4 is 5.32 Å². The monoisotopic (exact) mass is 288 g/mol. The fraction of sp³-hybridized carbons (Fsp3) is 0.333. The van der Waals surface area contributed by atoms with E-state index in [4.69, 9.17) is 0 Å². The molecule has 2 N–H and O–H groups in total. The first kappa shape index (κ1) is 13.3. The van der Waals surface area contributed by atoms with E-state index in [2.05, 4.69) is 16.4 Å². The Labute approximate surface area is 121 Å². The van der Waals surface area contributed by atoms with Crippen molar-refractivity contribution in [3.63, 3.8) is 0 Å². The minimum Gasteiger partial charge on any atom is -0.396 e. The van der Waals surface area contributed by atoms with Crippen LogP contribution in [0.1, 0.15) is 34.1 Å². The van der Waals surface area contributed by atoms with Crippen molar-refractivity contribution in [2.75, 3.05) is 6.61 Å². The number of aliphatic hydroxyl groups excluding tert-OH is 1. The number of aliphatic hydroxyl groups is 1. The average Bonchev–Trinajstić information content (AvgIpc) is 3.02. The van der Waals surface area contributed by atoms with Crippen LogP contribution in [0.5, 0.6) is 0 Å². The molecule has 0 bridgehead atoms. The molecule has 104 valence electrons. The Morgan fingerprint density at radius 3 is 3.05 bits per heavy atom. The molecule has 2 atom stereocenters. The van der Waals surface area contributed by atoms with Gasteiger partial charge in [-0.05, 0) is 24.0 Å². The lowest BCUT2D eigenvalue weighted by molar-refractivity contribution is 0.0889. The van der Waals surface area contributed by atoms with Gasteiger partial charge in [0.1, 0.15) is 5.69 Å². The molecule has 5 heteroatoms. The number of rotatable bonds is 3. The number of hydrogen-bond acceptors (Lipinski definition) is 4. The van der Waals surface area contributed by atoms with Gasteiger partial charge in [-0.15, -0.1) is 11.3 Å². The van der Waals surface area contributed by atoms with E-state index in [9.17, 15) is 9.90 Å². The fourth-order valence-corrected chi connectivity index (χ4v) is 3.29. The Bertz CT molecular complexity index is 598. The Hall–Kier alpha value is -1.72. The summed E-state index contributed by atoms with van der Waals surface area (Å²) in [4.78, 5) is 16.2. The molecular weight excluding hydrogens is 272 g/mol. The van der Waals surface area contributed by atoms with Crippen LogP contribution in [0.15, 0.2) is 35.2 Å². The molecule has 1 aliphatic rings. The summed E-state index contributed by atoms with van der Waals surface area (Å²) in [6, 6.07) is 7.96. The van der Waals surface area contributed by atoms with E-state index in [0.717, 1.165) is 18.4 Å². The highest BCUT2D eigenvalue weighted by Gasteiger charge is 2.30. The molecule has 1 amide bonds. The van der Waals surface area contributed by atoms with Gasteiger partial charge in [0, 0.05) is 17.9 Å². The SMILES string of the molecule is O=C(N[C@@H]1c2ccccc2CC[C@@H]1CO)c1cscn1. The zero-order valence-corrected chi connectivity index (χ0v) is 11.8. The molecule has 0 radical (unpaired) electrons. The van der Waals surface area contributed by atoms with Gasteiger partial charge < -0.3 is 10.4 Å². The first-order valence-electron chi connectivity index (χ1n) is 6.67. The summed E-state index contributed by atoms with van der Waals surface area (Å²) in [6.45, 7) is 0.0797. The number of aromatic nitrogens is 1. The van der Waals surface area contributed by atoms with Crippen molar-refractivity contribution >= 4 is 17.2 Å². The molecule has 0 saturated carbocycles. The van der Waals surface area contributed by atoms with Gasteiger partial charge in [0.05, 0.1) is 11.6 Å². The first-order valence-corrected chi connectivity index (χ1v) is 7.61. The number of carbonyl (C=O) groups excluding carboxylic acids is 1. The van der Waals surface area contributed by atoms with Crippen molar-refractivity contribution in [2.24, 2.45) is 5.92 Å². The molecule has 1 aliphatic carbocycles. The van der Waals surface area contributed by atoms with Crippen LogP contribution in [-0.2, 0) is 6.42 Å². The molecule has 0 aliphatic heterocycles. The third kappa shape index (κ3) is 2.46. The topological polar surface area (TPSA) is 62.2 Å². The maximum Gasteiger partial charge on any atom is 0.271 e. The van der Waals surface area contributed by atoms with Crippen molar-refractivity contribution in [1.29, 1.82) is 0 Å². The van der Waals surface area contributed by atoms with Crippen molar-refractivity contribution in [2.45, 2.75) is 18.9 Å². The number of amides is 1. The lowest BCUT2D eigenvalue weighted by Crippen LogP contribution is -2.38. The Morgan fingerprint density at radius 2 is 2.30 bits per heavy atom. The van der Waals surface area contributed by atoms with E-state index >= 15 is 0 Å². The third-order valence-corrected chi connectivity index (χ3v) is 4.42. The highest BCUT2D eigenvalue weighted by molar-refractivity contribution is 7.07. The third-order valence-electron chi connectivity index (χ3n) is 3.83. The Kier molecular flexibility index (Phi) is 3.80. The van der Waals surface area contributed by atoms with Crippen LogP contribution in [0, 0.1) is 5.92 Å². The second-order valence-corrected chi connectivity index (χ2v) is 5.72. The van der Waals surface area contributed by atoms with Crippen LogP contribution in [0.2, 0.25) is 0 Å². The molecule has 2 aromatic rings. The summed E-state index contributed by atoms with van der Waals surface area (Å²) >= 11 is 1.40. The van der Waals surface area contributed by atoms with E-state index in [1.54, 1.807) is 10.9 Å². The molecule has 0 fully saturated rings. The van der Waals surface area contributed by atoms with Gasteiger partial charge in [-0.1, -0.05) is 24.3 Å². The van der Waals surface area contributed by atoms with Gasteiger partial charge in [0.2, 0.25) is 0 Å². The number of hydrogen-bond donors (Lipinski definition) is 2. The van der Waals surface area contributed by atoms with Gasteiger partial charge in [0.25, 0.3) is 5.91 Å². The number of carbonyl (C=O) groups is 1. The highest BCUT2D eigenvalue weighted by atomic mass is 32.1. The van der Waals surface area contributed by atoms with Crippen molar-refractivity contribution in [1.82, 2.24) is 10.3 Å². The summed E-state index contributed by atoms with van der Waals surface area (Å²) in [5.41, 5.74) is 4.45. The molecular formula is C15H16N2O2S. The Balaban J connectivity index is 1.87. The van der Waals surface area contributed by atoms with E-state index in [1.165, 1.54) is 16.9 Å². The molecule has 3 rings (SSSR count). The molecule has 0 unspecified atom stereocenters. The molecule has 0 spiro atoms. The van der Waals surface area contributed by atoms with Crippen molar-refractivity contribution in [3.8, 4) is 0 Å². The highest BCUT2D eigenvalue weighted by Crippen LogP contribution is 2.34. The lowest BCUT2D eigenvalue weighted by Gasteiger charge is -2.33. The van der Waals surface area contributed by atoms with Crippen molar-refractivity contribution < 1.29 is 9.90 Å². The number of nitrogens with zero attached hydrogens (tertiary/aromatic N) is 1. The quantitative estimate of drug-likeness (QED) is 0.910.